The molecule has 1 atom stereocenters. The van der Waals surface area contributed by atoms with Gasteiger partial charge in [-0.1, -0.05) is 6.07 Å². The monoisotopic (exact) mass is 292 g/mol. The fourth-order valence-electron chi connectivity index (χ4n) is 2.42. The first-order valence-electron chi connectivity index (χ1n) is 6.88. The second kappa shape index (κ2) is 6.69. The molecule has 0 radical (unpaired) electrons. The number of aromatic carboxylic acids is 1. The van der Waals surface area contributed by atoms with Crippen molar-refractivity contribution in [3.05, 3.63) is 34.9 Å². The van der Waals surface area contributed by atoms with Crippen molar-refractivity contribution in [2.24, 2.45) is 0 Å². The first-order chi connectivity index (χ1) is 10.0. The molecule has 1 unspecified atom stereocenters. The average molecular weight is 292 g/mol. The largest absolute Gasteiger partial charge is 0.478 e. The quantitative estimate of drug-likeness (QED) is 0.760. The Labute approximate surface area is 123 Å². The van der Waals surface area contributed by atoms with Gasteiger partial charge in [0, 0.05) is 26.7 Å². The number of nitrogens with zero attached hydrogens (tertiary/aromatic N) is 1. The number of fused-ring (bicyclic) bond motifs is 1. The van der Waals surface area contributed by atoms with Gasteiger partial charge in [0.2, 0.25) is 5.91 Å². The van der Waals surface area contributed by atoms with Gasteiger partial charge in [-0.2, -0.15) is 0 Å². The van der Waals surface area contributed by atoms with Crippen LogP contribution in [0.15, 0.2) is 18.2 Å². The zero-order valence-electron chi connectivity index (χ0n) is 12.3. The van der Waals surface area contributed by atoms with Crippen LogP contribution in [0.3, 0.4) is 0 Å². The third kappa shape index (κ3) is 3.59. The van der Waals surface area contributed by atoms with E-state index in [0.717, 1.165) is 11.1 Å². The van der Waals surface area contributed by atoms with Crippen molar-refractivity contribution in [2.45, 2.75) is 26.1 Å². The molecule has 0 fully saturated rings. The highest BCUT2D eigenvalue weighted by molar-refractivity contribution is 5.88. The van der Waals surface area contributed by atoms with Gasteiger partial charge in [-0.15, -0.1) is 0 Å². The van der Waals surface area contributed by atoms with Gasteiger partial charge in [-0.3, -0.25) is 9.69 Å². The van der Waals surface area contributed by atoms with Gasteiger partial charge in [-0.25, -0.2) is 4.79 Å². The van der Waals surface area contributed by atoms with E-state index in [9.17, 15) is 9.59 Å². The fraction of sp³-hybridized carbons (Fsp3) is 0.467. The molecule has 1 aliphatic rings. The van der Waals surface area contributed by atoms with E-state index in [4.69, 9.17) is 9.84 Å². The van der Waals surface area contributed by atoms with Crippen LogP contribution >= 0.6 is 0 Å². The van der Waals surface area contributed by atoms with E-state index in [0.29, 0.717) is 26.2 Å². The van der Waals surface area contributed by atoms with Gasteiger partial charge in [0.25, 0.3) is 0 Å². The fourth-order valence-corrected chi connectivity index (χ4v) is 2.42. The zero-order chi connectivity index (χ0) is 15.4. The third-order valence-corrected chi connectivity index (χ3v) is 3.73. The highest BCUT2D eigenvalue weighted by Crippen LogP contribution is 2.25. The minimum Gasteiger partial charge on any atom is -0.478 e. The van der Waals surface area contributed by atoms with Crippen LogP contribution < -0.4 is 5.32 Å². The summed E-state index contributed by atoms with van der Waals surface area (Å²) >= 11 is 0. The minimum atomic E-state index is -0.929. The number of rotatable bonds is 6. The van der Waals surface area contributed by atoms with Crippen molar-refractivity contribution in [3.8, 4) is 0 Å². The Balaban J connectivity index is 1.98. The number of carbonyl (C=O) groups excluding carboxylic acids is 1. The van der Waals surface area contributed by atoms with Crippen molar-refractivity contribution in [3.63, 3.8) is 0 Å². The second-order valence-electron chi connectivity index (χ2n) is 5.15. The van der Waals surface area contributed by atoms with Crippen molar-refractivity contribution in [2.75, 3.05) is 20.3 Å². The number of benzene rings is 1. The third-order valence-electron chi connectivity index (χ3n) is 3.73. The molecule has 0 saturated heterocycles. The Kier molecular flexibility index (Phi) is 4.93. The lowest BCUT2D eigenvalue weighted by atomic mass is 10.1. The summed E-state index contributed by atoms with van der Waals surface area (Å²) in [4.78, 5) is 25.0. The van der Waals surface area contributed by atoms with E-state index in [-0.39, 0.29) is 17.5 Å². The maximum absolute atomic E-state index is 12.0. The van der Waals surface area contributed by atoms with Crippen molar-refractivity contribution < 1.29 is 19.4 Å². The van der Waals surface area contributed by atoms with Crippen molar-refractivity contribution >= 4 is 11.9 Å². The molecule has 21 heavy (non-hydrogen) atoms. The van der Waals surface area contributed by atoms with E-state index in [1.165, 1.54) is 0 Å². The summed E-state index contributed by atoms with van der Waals surface area (Å²) in [5.74, 6) is -0.972. The molecule has 0 bridgehead atoms. The van der Waals surface area contributed by atoms with Crippen LogP contribution in [0.25, 0.3) is 0 Å². The van der Waals surface area contributed by atoms with Crippen LogP contribution in [0.5, 0.6) is 0 Å². The van der Waals surface area contributed by atoms with Crippen molar-refractivity contribution in [1.29, 1.82) is 0 Å². The molecule has 0 aliphatic carbocycles. The lowest BCUT2D eigenvalue weighted by molar-refractivity contribution is -0.126. The van der Waals surface area contributed by atoms with Crippen LogP contribution in [0.1, 0.15) is 28.4 Å². The average Bonchev–Trinajstić information content (AvgIpc) is 2.89. The number of methoxy groups -OCH3 is 1. The van der Waals surface area contributed by atoms with Crippen LogP contribution in [0, 0.1) is 0 Å². The molecule has 6 heteroatoms. The molecule has 1 heterocycles. The number of carboxylic acids is 1. The molecule has 1 aliphatic heterocycles. The standard InChI is InChI=1S/C15H20N2O4/c1-10(14(18)16-5-6-21-2)17-8-12-4-3-11(15(19)20)7-13(12)9-17/h3-4,7,10H,5-6,8-9H2,1-2H3,(H,16,18)(H,19,20). The second-order valence-corrected chi connectivity index (χ2v) is 5.15. The van der Waals surface area contributed by atoms with Gasteiger partial charge in [0.05, 0.1) is 18.2 Å². The topological polar surface area (TPSA) is 78.9 Å². The molecular weight excluding hydrogens is 272 g/mol. The highest BCUT2D eigenvalue weighted by atomic mass is 16.5. The van der Waals surface area contributed by atoms with E-state index >= 15 is 0 Å². The number of ether oxygens (including phenoxy) is 1. The molecular formula is C15H20N2O4. The first-order valence-corrected chi connectivity index (χ1v) is 6.88. The predicted molar refractivity (Wildman–Crippen MR) is 77.0 cm³/mol. The zero-order valence-corrected chi connectivity index (χ0v) is 12.3. The van der Waals surface area contributed by atoms with E-state index in [2.05, 4.69) is 5.32 Å². The highest BCUT2D eigenvalue weighted by Gasteiger charge is 2.27. The summed E-state index contributed by atoms with van der Waals surface area (Å²) in [6, 6.07) is 4.86. The summed E-state index contributed by atoms with van der Waals surface area (Å²) in [6.07, 6.45) is 0. The van der Waals surface area contributed by atoms with Crippen LogP contribution in [-0.4, -0.2) is 48.2 Å². The van der Waals surface area contributed by atoms with E-state index < -0.39 is 5.97 Å². The van der Waals surface area contributed by atoms with Crippen LogP contribution in [0.2, 0.25) is 0 Å². The Hall–Kier alpha value is -1.92. The van der Waals surface area contributed by atoms with E-state index in [1.807, 2.05) is 17.9 Å². The normalized spacial score (nSPS) is 15.5. The molecule has 0 spiro atoms. The number of hydrogen-bond donors (Lipinski definition) is 2. The van der Waals surface area contributed by atoms with Crippen LogP contribution in [0.4, 0.5) is 0 Å². The molecule has 1 amide bonds. The molecule has 1 aromatic carbocycles. The smallest absolute Gasteiger partial charge is 0.335 e. The Morgan fingerprint density at radius 1 is 1.38 bits per heavy atom. The van der Waals surface area contributed by atoms with Gasteiger partial charge in [0.1, 0.15) is 0 Å². The Morgan fingerprint density at radius 2 is 2.10 bits per heavy atom. The molecule has 0 saturated carbocycles. The SMILES string of the molecule is COCCNC(=O)C(C)N1Cc2ccc(C(=O)O)cc2C1. The maximum Gasteiger partial charge on any atom is 0.335 e. The minimum absolute atomic E-state index is 0.0432. The van der Waals surface area contributed by atoms with Gasteiger partial charge in [0.15, 0.2) is 0 Å². The Bertz CT molecular complexity index is 544. The van der Waals surface area contributed by atoms with Gasteiger partial charge in [-0.05, 0) is 30.2 Å². The lowest BCUT2D eigenvalue weighted by Gasteiger charge is -2.22. The molecule has 6 nitrogen and oxygen atoms in total. The molecule has 114 valence electrons. The Morgan fingerprint density at radius 3 is 2.76 bits per heavy atom. The van der Waals surface area contributed by atoms with Crippen molar-refractivity contribution in [1.82, 2.24) is 10.2 Å². The van der Waals surface area contributed by atoms with Gasteiger partial charge < -0.3 is 15.2 Å². The number of hydrogen-bond acceptors (Lipinski definition) is 4. The molecule has 2 rings (SSSR count). The molecule has 0 aromatic heterocycles. The summed E-state index contributed by atoms with van der Waals surface area (Å²) in [7, 11) is 1.59. The predicted octanol–water partition coefficient (Wildman–Crippen LogP) is 0.851. The number of carboxylic acid groups (broad SMARTS) is 1. The summed E-state index contributed by atoms with van der Waals surface area (Å²) < 4.78 is 4.90. The maximum atomic E-state index is 12.0. The number of nitrogens with one attached hydrogen (secondary N) is 1. The number of carbonyl (C=O) groups is 2. The summed E-state index contributed by atoms with van der Waals surface area (Å²) in [5.41, 5.74) is 2.34. The van der Waals surface area contributed by atoms with Gasteiger partial charge >= 0.3 is 5.97 Å². The number of amides is 1. The first kappa shape index (κ1) is 15.5. The van der Waals surface area contributed by atoms with E-state index in [1.54, 1.807) is 19.2 Å². The molecule has 1 aromatic rings. The van der Waals surface area contributed by atoms with Crippen LogP contribution in [-0.2, 0) is 22.6 Å². The summed E-state index contributed by atoms with van der Waals surface area (Å²) in [6.45, 7) is 4.08. The lowest BCUT2D eigenvalue weighted by Crippen LogP contribution is -2.43. The molecule has 2 N–H and O–H groups in total. The summed E-state index contributed by atoms with van der Waals surface area (Å²) in [5, 5.41) is 11.8.